The first-order valence-electron chi connectivity index (χ1n) is 10.1. The van der Waals surface area contributed by atoms with E-state index >= 15 is 0 Å². The second kappa shape index (κ2) is 9.84. The van der Waals surface area contributed by atoms with E-state index in [9.17, 15) is 9.90 Å². The van der Waals surface area contributed by atoms with Gasteiger partial charge in [-0.3, -0.25) is 0 Å². The molecule has 0 saturated heterocycles. The Balaban J connectivity index is 1.39. The SMILES string of the molecule is COc1ccc(Cn2nnc(-c3cccc(CNCc4ccccc4C(=O)O)c3)n2)cc1. The molecule has 0 aliphatic heterocycles. The number of ether oxygens (including phenoxy) is 1. The van der Waals surface area contributed by atoms with E-state index in [0.717, 1.165) is 28.0 Å². The van der Waals surface area contributed by atoms with Crippen LogP contribution >= 0.6 is 0 Å². The van der Waals surface area contributed by atoms with Gasteiger partial charge in [-0.2, -0.15) is 4.80 Å². The monoisotopic (exact) mass is 429 g/mol. The molecule has 0 unspecified atom stereocenters. The van der Waals surface area contributed by atoms with Gasteiger partial charge >= 0.3 is 5.97 Å². The van der Waals surface area contributed by atoms with Crippen LogP contribution in [0.25, 0.3) is 11.4 Å². The summed E-state index contributed by atoms with van der Waals surface area (Å²) < 4.78 is 5.18. The molecule has 0 spiro atoms. The number of aromatic carboxylic acids is 1. The molecule has 0 aliphatic carbocycles. The third kappa shape index (κ3) is 5.16. The van der Waals surface area contributed by atoms with Crippen molar-refractivity contribution in [3.05, 3.63) is 95.1 Å². The second-order valence-corrected chi connectivity index (χ2v) is 7.26. The van der Waals surface area contributed by atoms with E-state index < -0.39 is 5.97 Å². The van der Waals surface area contributed by atoms with Crippen molar-refractivity contribution in [1.29, 1.82) is 0 Å². The third-order valence-electron chi connectivity index (χ3n) is 5.01. The van der Waals surface area contributed by atoms with Crippen molar-refractivity contribution >= 4 is 5.97 Å². The Labute approximate surface area is 185 Å². The fourth-order valence-corrected chi connectivity index (χ4v) is 3.36. The number of hydrogen-bond acceptors (Lipinski definition) is 6. The number of carbonyl (C=O) groups is 1. The Morgan fingerprint density at radius 2 is 1.81 bits per heavy atom. The van der Waals surface area contributed by atoms with Gasteiger partial charge in [-0.1, -0.05) is 48.5 Å². The van der Waals surface area contributed by atoms with Crippen LogP contribution in [0.4, 0.5) is 0 Å². The molecule has 32 heavy (non-hydrogen) atoms. The Kier molecular flexibility index (Phi) is 6.52. The van der Waals surface area contributed by atoms with Gasteiger partial charge in [0.25, 0.3) is 0 Å². The van der Waals surface area contributed by atoms with Gasteiger partial charge in [-0.05, 0) is 46.2 Å². The zero-order valence-electron chi connectivity index (χ0n) is 17.6. The molecular weight excluding hydrogens is 406 g/mol. The highest BCUT2D eigenvalue weighted by atomic mass is 16.5. The van der Waals surface area contributed by atoms with E-state index in [1.165, 1.54) is 0 Å². The summed E-state index contributed by atoms with van der Waals surface area (Å²) in [4.78, 5) is 12.9. The molecule has 8 heteroatoms. The highest BCUT2D eigenvalue weighted by Gasteiger charge is 2.10. The number of carboxylic acid groups (broad SMARTS) is 1. The summed E-state index contributed by atoms with van der Waals surface area (Å²) in [7, 11) is 1.64. The average molecular weight is 429 g/mol. The first-order chi connectivity index (χ1) is 15.6. The van der Waals surface area contributed by atoms with Crippen molar-refractivity contribution < 1.29 is 14.6 Å². The van der Waals surface area contributed by atoms with E-state index in [2.05, 4.69) is 20.7 Å². The molecule has 0 saturated carbocycles. The lowest BCUT2D eigenvalue weighted by Crippen LogP contribution is -2.15. The summed E-state index contributed by atoms with van der Waals surface area (Å²) in [5, 5.41) is 25.5. The summed E-state index contributed by atoms with van der Waals surface area (Å²) in [6, 6.07) is 22.6. The molecule has 2 N–H and O–H groups in total. The molecule has 162 valence electrons. The van der Waals surface area contributed by atoms with E-state index in [1.54, 1.807) is 24.0 Å². The van der Waals surface area contributed by atoms with Crippen molar-refractivity contribution in [2.45, 2.75) is 19.6 Å². The molecule has 3 aromatic carbocycles. The molecule has 8 nitrogen and oxygen atoms in total. The van der Waals surface area contributed by atoms with Crippen LogP contribution in [0.2, 0.25) is 0 Å². The molecular formula is C24H23N5O3. The zero-order chi connectivity index (χ0) is 22.3. The topological polar surface area (TPSA) is 102 Å². The number of methoxy groups -OCH3 is 1. The van der Waals surface area contributed by atoms with Crippen molar-refractivity contribution in [1.82, 2.24) is 25.5 Å². The summed E-state index contributed by atoms with van der Waals surface area (Å²) in [6.45, 7) is 1.56. The summed E-state index contributed by atoms with van der Waals surface area (Å²) in [6.07, 6.45) is 0. The number of tetrazole rings is 1. The lowest BCUT2D eigenvalue weighted by Gasteiger charge is -2.08. The normalized spacial score (nSPS) is 10.8. The van der Waals surface area contributed by atoms with Crippen LogP contribution in [-0.4, -0.2) is 38.4 Å². The summed E-state index contributed by atoms with van der Waals surface area (Å²) >= 11 is 0. The number of hydrogen-bond donors (Lipinski definition) is 2. The standard InChI is InChI=1S/C24H23N5O3/c1-32-21-11-9-17(10-12-21)16-29-27-23(26-28-29)19-7-4-5-18(13-19)14-25-15-20-6-2-3-8-22(20)24(30)31/h2-13,25H,14-16H2,1H3,(H,30,31). The molecule has 0 amide bonds. The Morgan fingerprint density at radius 1 is 1.00 bits per heavy atom. The van der Waals surface area contributed by atoms with Crippen molar-refractivity contribution in [2.24, 2.45) is 0 Å². The number of nitrogens with one attached hydrogen (secondary N) is 1. The van der Waals surface area contributed by atoms with E-state index in [0.29, 0.717) is 31.0 Å². The second-order valence-electron chi connectivity index (χ2n) is 7.26. The number of rotatable bonds is 9. The Hall–Kier alpha value is -4.04. The van der Waals surface area contributed by atoms with Crippen LogP contribution < -0.4 is 10.1 Å². The zero-order valence-corrected chi connectivity index (χ0v) is 17.6. The fraction of sp³-hybridized carbons (Fsp3) is 0.167. The minimum Gasteiger partial charge on any atom is -0.497 e. The first kappa shape index (κ1) is 21.2. The summed E-state index contributed by atoms with van der Waals surface area (Å²) in [5.74, 6) is 0.433. The third-order valence-corrected chi connectivity index (χ3v) is 5.01. The first-order valence-corrected chi connectivity index (χ1v) is 10.1. The largest absolute Gasteiger partial charge is 0.497 e. The van der Waals surface area contributed by atoms with Crippen LogP contribution in [0.3, 0.4) is 0 Å². The molecule has 0 aliphatic rings. The predicted molar refractivity (Wildman–Crippen MR) is 119 cm³/mol. The molecule has 0 fully saturated rings. The van der Waals surface area contributed by atoms with Crippen LogP contribution in [0.1, 0.15) is 27.0 Å². The molecule has 0 atom stereocenters. The molecule has 1 heterocycles. The van der Waals surface area contributed by atoms with Gasteiger partial charge in [0.05, 0.1) is 19.2 Å². The quantitative estimate of drug-likeness (QED) is 0.420. The Morgan fingerprint density at radius 3 is 2.59 bits per heavy atom. The van der Waals surface area contributed by atoms with Crippen molar-refractivity contribution in [3.63, 3.8) is 0 Å². The van der Waals surface area contributed by atoms with Gasteiger partial charge in [0, 0.05) is 18.7 Å². The molecule has 1 aromatic heterocycles. The van der Waals surface area contributed by atoms with Gasteiger partial charge in [-0.15, -0.1) is 10.2 Å². The van der Waals surface area contributed by atoms with Crippen molar-refractivity contribution in [3.8, 4) is 17.1 Å². The van der Waals surface area contributed by atoms with Crippen LogP contribution in [0.5, 0.6) is 5.75 Å². The van der Waals surface area contributed by atoms with E-state index in [1.807, 2.05) is 60.7 Å². The minimum absolute atomic E-state index is 0.312. The highest BCUT2D eigenvalue weighted by molar-refractivity contribution is 5.89. The number of aromatic nitrogens is 4. The minimum atomic E-state index is -0.923. The van der Waals surface area contributed by atoms with E-state index in [-0.39, 0.29) is 0 Å². The van der Waals surface area contributed by atoms with Gasteiger partial charge in [0.1, 0.15) is 5.75 Å². The summed E-state index contributed by atoms with van der Waals surface area (Å²) in [5.41, 5.74) is 4.03. The maximum absolute atomic E-state index is 11.3. The van der Waals surface area contributed by atoms with Gasteiger partial charge < -0.3 is 15.2 Å². The molecule has 0 radical (unpaired) electrons. The maximum atomic E-state index is 11.3. The van der Waals surface area contributed by atoms with Crippen molar-refractivity contribution in [2.75, 3.05) is 7.11 Å². The van der Waals surface area contributed by atoms with Crippen LogP contribution in [-0.2, 0) is 19.6 Å². The van der Waals surface area contributed by atoms with Gasteiger partial charge in [-0.25, -0.2) is 4.79 Å². The molecule has 0 bridgehead atoms. The highest BCUT2D eigenvalue weighted by Crippen LogP contribution is 2.17. The van der Waals surface area contributed by atoms with Crippen LogP contribution in [0, 0.1) is 0 Å². The van der Waals surface area contributed by atoms with E-state index in [4.69, 9.17) is 4.74 Å². The molecule has 4 rings (SSSR count). The van der Waals surface area contributed by atoms with Gasteiger partial charge in [0.2, 0.25) is 5.82 Å². The maximum Gasteiger partial charge on any atom is 0.336 e. The lowest BCUT2D eigenvalue weighted by atomic mass is 10.1. The lowest BCUT2D eigenvalue weighted by molar-refractivity contribution is 0.0695. The smallest absolute Gasteiger partial charge is 0.336 e. The number of benzene rings is 3. The Bertz CT molecular complexity index is 1200. The molecule has 4 aromatic rings. The average Bonchev–Trinajstić information content (AvgIpc) is 3.28. The fourth-order valence-electron chi connectivity index (χ4n) is 3.36. The predicted octanol–water partition coefficient (Wildman–Crippen LogP) is 3.39. The number of nitrogens with zero attached hydrogens (tertiary/aromatic N) is 4. The van der Waals surface area contributed by atoms with Gasteiger partial charge in [0.15, 0.2) is 0 Å². The van der Waals surface area contributed by atoms with Crippen LogP contribution in [0.15, 0.2) is 72.8 Å². The number of carboxylic acids is 1.